The van der Waals surface area contributed by atoms with Gasteiger partial charge in [0.2, 0.25) is 0 Å². The van der Waals surface area contributed by atoms with E-state index in [-0.39, 0.29) is 5.78 Å². The highest BCUT2D eigenvalue weighted by molar-refractivity contribution is 14.1. The molecule has 12 heavy (non-hydrogen) atoms. The molecule has 0 atom stereocenters. The van der Waals surface area contributed by atoms with Gasteiger partial charge in [0.1, 0.15) is 3.70 Å². The van der Waals surface area contributed by atoms with Gasteiger partial charge in [0.15, 0.2) is 5.78 Å². The van der Waals surface area contributed by atoms with Crippen LogP contribution >= 0.6 is 22.6 Å². The van der Waals surface area contributed by atoms with Gasteiger partial charge in [-0.05, 0) is 47.6 Å². The third-order valence-corrected chi connectivity index (χ3v) is 2.66. The van der Waals surface area contributed by atoms with Gasteiger partial charge in [-0.25, -0.2) is 4.98 Å². The zero-order valence-electron chi connectivity index (χ0n) is 6.51. The maximum atomic E-state index is 11.4. The number of rotatable bonds is 0. The van der Waals surface area contributed by atoms with Crippen molar-refractivity contribution in [3.05, 3.63) is 27.1 Å². The maximum Gasteiger partial charge on any atom is 0.164 e. The Morgan fingerprint density at radius 3 is 3.00 bits per heavy atom. The summed E-state index contributed by atoms with van der Waals surface area (Å²) in [5.74, 6) is 0.250. The molecule has 1 aliphatic carbocycles. The van der Waals surface area contributed by atoms with Crippen LogP contribution in [0.15, 0.2) is 12.1 Å². The smallest absolute Gasteiger partial charge is 0.164 e. The Hall–Kier alpha value is -0.450. The second kappa shape index (κ2) is 3.12. The van der Waals surface area contributed by atoms with E-state index in [1.807, 2.05) is 12.1 Å². The minimum Gasteiger partial charge on any atom is -0.294 e. The molecule has 0 aliphatic heterocycles. The number of hydrogen-bond donors (Lipinski definition) is 0. The summed E-state index contributed by atoms with van der Waals surface area (Å²) in [6.45, 7) is 0. The van der Waals surface area contributed by atoms with Crippen LogP contribution in [0.5, 0.6) is 0 Å². The molecular formula is C9H8INO. The minimum absolute atomic E-state index is 0.250. The summed E-state index contributed by atoms with van der Waals surface area (Å²) in [5.41, 5.74) is 1.82. The Balaban J connectivity index is 2.53. The molecule has 2 nitrogen and oxygen atoms in total. The first-order chi connectivity index (χ1) is 5.77. The lowest BCUT2D eigenvalue weighted by Gasteiger charge is -2.12. The number of ketones is 1. The number of Topliss-reactive ketones (excluding diaryl/α,β-unsaturated/α-hetero) is 1. The number of aromatic nitrogens is 1. The first-order valence-electron chi connectivity index (χ1n) is 3.96. The first kappa shape index (κ1) is 8.16. The molecule has 0 saturated carbocycles. The fourth-order valence-electron chi connectivity index (χ4n) is 1.47. The van der Waals surface area contributed by atoms with Gasteiger partial charge in [0.05, 0.1) is 5.69 Å². The van der Waals surface area contributed by atoms with Gasteiger partial charge < -0.3 is 0 Å². The highest BCUT2D eigenvalue weighted by atomic mass is 127. The molecule has 3 heteroatoms. The molecule has 0 N–H and O–H groups in total. The molecule has 1 aromatic heterocycles. The molecule has 0 aromatic carbocycles. The van der Waals surface area contributed by atoms with Crippen molar-refractivity contribution in [2.24, 2.45) is 0 Å². The van der Waals surface area contributed by atoms with Crippen molar-refractivity contribution in [1.82, 2.24) is 4.98 Å². The van der Waals surface area contributed by atoms with Crippen LogP contribution in [0.3, 0.4) is 0 Å². The summed E-state index contributed by atoms with van der Waals surface area (Å²) in [4.78, 5) is 15.7. The third-order valence-electron chi connectivity index (χ3n) is 2.06. The van der Waals surface area contributed by atoms with Crippen LogP contribution in [0.1, 0.15) is 28.9 Å². The van der Waals surface area contributed by atoms with Gasteiger partial charge in [0, 0.05) is 12.0 Å². The van der Waals surface area contributed by atoms with Crippen molar-refractivity contribution in [2.75, 3.05) is 0 Å². The summed E-state index contributed by atoms with van der Waals surface area (Å²) < 4.78 is 0.973. The van der Waals surface area contributed by atoms with E-state index in [9.17, 15) is 4.79 Å². The van der Waals surface area contributed by atoms with Gasteiger partial charge in [-0.15, -0.1) is 0 Å². The van der Waals surface area contributed by atoms with Gasteiger partial charge >= 0.3 is 0 Å². The van der Waals surface area contributed by atoms with Crippen LogP contribution in [0, 0.1) is 3.70 Å². The Morgan fingerprint density at radius 1 is 1.33 bits per heavy atom. The molecule has 0 unspecified atom stereocenters. The molecule has 0 radical (unpaired) electrons. The van der Waals surface area contributed by atoms with Crippen LogP contribution in [0.2, 0.25) is 0 Å². The van der Waals surface area contributed by atoms with E-state index in [0.29, 0.717) is 6.42 Å². The van der Waals surface area contributed by atoms with Gasteiger partial charge in [-0.3, -0.25) is 4.79 Å². The van der Waals surface area contributed by atoms with Crippen molar-refractivity contribution < 1.29 is 4.79 Å². The predicted octanol–water partition coefficient (Wildman–Crippen LogP) is 2.21. The predicted molar refractivity (Wildman–Crippen MR) is 54.2 cm³/mol. The van der Waals surface area contributed by atoms with Gasteiger partial charge in [-0.2, -0.15) is 0 Å². The molecule has 62 valence electrons. The Bertz CT molecular complexity index is 335. The zero-order valence-corrected chi connectivity index (χ0v) is 8.67. The van der Waals surface area contributed by atoms with E-state index < -0.39 is 0 Å². The molecule has 0 fully saturated rings. The maximum absolute atomic E-state index is 11.4. The molecule has 2 rings (SSSR count). The van der Waals surface area contributed by atoms with Crippen molar-refractivity contribution in [2.45, 2.75) is 19.3 Å². The fraction of sp³-hybridized carbons (Fsp3) is 0.333. The lowest BCUT2D eigenvalue weighted by Crippen LogP contribution is -2.12. The number of halogens is 1. The van der Waals surface area contributed by atoms with Crippen molar-refractivity contribution >= 4 is 28.4 Å². The average molecular weight is 273 g/mol. The SMILES string of the molecule is O=C1CCCc2nc(I)ccc21. The summed E-state index contributed by atoms with van der Waals surface area (Å²) in [7, 11) is 0. The fourth-order valence-corrected chi connectivity index (χ4v) is 1.94. The second-order valence-corrected chi connectivity index (χ2v) is 4.01. The zero-order chi connectivity index (χ0) is 8.55. The largest absolute Gasteiger partial charge is 0.294 e. The number of pyridine rings is 1. The van der Waals surface area contributed by atoms with Crippen LogP contribution in [-0.2, 0) is 6.42 Å². The number of aryl methyl sites for hydroxylation is 1. The van der Waals surface area contributed by atoms with Crippen molar-refractivity contribution in [1.29, 1.82) is 0 Å². The highest BCUT2D eigenvalue weighted by Gasteiger charge is 2.17. The standard InChI is InChI=1S/C9H8INO/c10-9-5-4-6-7(11-9)2-1-3-8(6)12/h4-5H,1-3H2. The van der Waals surface area contributed by atoms with Gasteiger partial charge in [-0.1, -0.05) is 0 Å². The normalized spacial score (nSPS) is 15.9. The monoisotopic (exact) mass is 273 g/mol. The second-order valence-electron chi connectivity index (χ2n) is 2.90. The van der Waals surface area contributed by atoms with Crippen molar-refractivity contribution in [3.8, 4) is 0 Å². The van der Waals surface area contributed by atoms with E-state index in [2.05, 4.69) is 27.6 Å². The van der Waals surface area contributed by atoms with Crippen LogP contribution in [0.25, 0.3) is 0 Å². The molecule has 1 aliphatic rings. The molecule has 0 amide bonds. The number of fused-ring (bicyclic) bond motifs is 1. The van der Waals surface area contributed by atoms with E-state index in [0.717, 1.165) is 27.8 Å². The van der Waals surface area contributed by atoms with Crippen LogP contribution in [0.4, 0.5) is 0 Å². The van der Waals surface area contributed by atoms with E-state index >= 15 is 0 Å². The van der Waals surface area contributed by atoms with Crippen LogP contribution < -0.4 is 0 Å². The molecule has 0 spiro atoms. The highest BCUT2D eigenvalue weighted by Crippen LogP contribution is 2.19. The number of carbonyl (C=O) groups excluding carboxylic acids is 1. The van der Waals surface area contributed by atoms with Crippen molar-refractivity contribution in [3.63, 3.8) is 0 Å². The van der Waals surface area contributed by atoms with E-state index in [1.54, 1.807) is 0 Å². The summed E-state index contributed by atoms with van der Waals surface area (Å²) in [5, 5.41) is 0. The lowest BCUT2D eigenvalue weighted by atomic mass is 9.95. The average Bonchev–Trinajstić information content (AvgIpc) is 2.04. The summed E-state index contributed by atoms with van der Waals surface area (Å²) in [6.07, 6.45) is 2.60. The summed E-state index contributed by atoms with van der Waals surface area (Å²) >= 11 is 2.17. The lowest BCUT2D eigenvalue weighted by molar-refractivity contribution is 0.0971. The molecule has 0 bridgehead atoms. The summed E-state index contributed by atoms with van der Waals surface area (Å²) in [6, 6.07) is 3.79. The first-order valence-corrected chi connectivity index (χ1v) is 5.04. The quantitative estimate of drug-likeness (QED) is 0.536. The number of carbonyl (C=O) groups is 1. The number of hydrogen-bond acceptors (Lipinski definition) is 2. The van der Waals surface area contributed by atoms with Crippen LogP contribution in [-0.4, -0.2) is 10.8 Å². The van der Waals surface area contributed by atoms with E-state index in [4.69, 9.17) is 0 Å². The minimum atomic E-state index is 0.250. The molecule has 0 saturated heterocycles. The Labute approximate surface area is 84.5 Å². The Morgan fingerprint density at radius 2 is 2.17 bits per heavy atom. The molecular weight excluding hydrogens is 265 g/mol. The Kier molecular flexibility index (Phi) is 2.12. The number of nitrogens with zero attached hydrogens (tertiary/aromatic N) is 1. The third kappa shape index (κ3) is 1.37. The van der Waals surface area contributed by atoms with Gasteiger partial charge in [0.25, 0.3) is 0 Å². The molecule has 1 heterocycles. The topological polar surface area (TPSA) is 30.0 Å². The molecule has 1 aromatic rings. The van der Waals surface area contributed by atoms with E-state index in [1.165, 1.54) is 0 Å².